The topological polar surface area (TPSA) is 55.7 Å². The largest absolute Gasteiger partial charge is 0.309 e. The molecule has 290 valence electrons. The zero-order valence-electron chi connectivity index (χ0n) is 33.4. The van der Waals surface area contributed by atoms with Crippen molar-refractivity contribution in [2.24, 2.45) is 0 Å². The van der Waals surface area contributed by atoms with Crippen LogP contribution in [0.25, 0.3) is 56.1 Å². The number of fused-ring (bicyclic) bond motifs is 1. The lowest BCUT2D eigenvalue weighted by Crippen LogP contribution is -2.30. The van der Waals surface area contributed by atoms with Crippen molar-refractivity contribution in [1.29, 1.82) is 0 Å². The minimum atomic E-state index is -3.09. The molecule has 0 radical (unpaired) electrons. The molecule has 1 aliphatic rings. The van der Waals surface area contributed by atoms with E-state index < -0.39 is 7.14 Å². The maximum absolute atomic E-state index is 15.2. The van der Waals surface area contributed by atoms with Gasteiger partial charge in [0.05, 0.1) is 0 Å². The summed E-state index contributed by atoms with van der Waals surface area (Å²) in [7, 11) is -3.09. The summed E-state index contributed by atoms with van der Waals surface area (Å²) in [5, 5.41) is 4.85. The standard InChI is InChI=1S/C55H44N3OP/c59-60(49-21-7-2-8-22-49,50-23-9-3-10-24-50)51-25-15-20-45(39-51)41-28-32-47(33-29-41)55(36-13-4-14-37-55)48-34-30-43(31-35-48)53-56-52(42-17-5-1-6-18-42)57-54(58-53)46-27-26-40-16-11-12-19-44(40)38-46/h1-3,5-12,15-35,38-39H,4,13-14,36-37H2. The van der Waals surface area contributed by atoms with E-state index in [1.54, 1.807) is 0 Å². The zero-order valence-corrected chi connectivity index (χ0v) is 34.3. The Kier molecular flexibility index (Phi) is 10.1. The van der Waals surface area contributed by atoms with Gasteiger partial charge in [0.25, 0.3) is 0 Å². The minimum Gasteiger partial charge on any atom is -0.309 e. The van der Waals surface area contributed by atoms with Crippen LogP contribution in [0.15, 0.2) is 206 Å². The Morgan fingerprint density at radius 2 is 0.800 bits per heavy atom. The Morgan fingerprint density at radius 1 is 0.350 bits per heavy atom. The summed E-state index contributed by atoms with van der Waals surface area (Å²) in [4.78, 5) is 15.1. The molecule has 1 saturated carbocycles. The van der Waals surface area contributed by atoms with Crippen molar-refractivity contribution in [2.45, 2.75) is 37.5 Å². The van der Waals surface area contributed by atoms with E-state index in [-0.39, 0.29) is 5.41 Å². The number of benzene rings is 8. The van der Waals surface area contributed by atoms with Gasteiger partial charge in [-0.3, -0.25) is 0 Å². The van der Waals surface area contributed by atoms with E-state index >= 15 is 4.57 Å². The van der Waals surface area contributed by atoms with Crippen molar-refractivity contribution in [1.82, 2.24) is 15.0 Å². The first-order valence-corrected chi connectivity index (χ1v) is 22.6. The fourth-order valence-electron chi connectivity index (χ4n) is 9.10. The van der Waals surface area contributed by atoms with Gasteiger partial charge >= 0.3 is 0 Å². The van der Waals surface area contributed by atoms with E-state index in [1.807, 2.05) is 91.0 Å². The van der Waals surface area contributed by atoms with E-state index in [2.05, 4.69) is 115 Å². The second-order valence-electron chi connectivity index (χ2n) is 15.9. The van der Waals surface area contributed by atoms with E-state index in [0.717, 1.165) is 62.0 Å². The fourth-order valence-corrected chi connectivity index (χ4v) is 11.8. The number of rotatable bonds is 9. The molecule has 0 unspecified atom stereocenters. The van der Waals surface area contributed by atoms with Gasteiger partial charge in [-0.2, -0.15) is 0 Å². The van der Waals surface area contributed by atoms with Crippen LogP contribution in [0.4, 0.5) is 0 Å². The molecule has 8 aromatic carbocycles. The van der Waals surface area contributed by atoms with Crippen molar-refractivity contribution in [3.63, 3.8) is 0 Å². The molecule has 9 aromatic rings. The third-order valence-electron chi connectivity index (χ3n) is 12.3. The van der Waals surface area contributed by atoms with Crippen molar-refractivity contribution in [2.75, 3.05) is 0 Å². The van der Waals surface area contributed by atoms with Gasteiger partial charge < -0.3 is 4.57 Å². The highest BCUT2D eigenvalue weighted by Crippen LogP contribution is 2.46. The molecule has 4 nitrogen and oxygen atoms in total. The molecule has 1 aliphatic carbocycles. The van der Waals surface area contributed by atoms with Gasteiger partial charge in [-0.05, 0) is 58.0 Å². The third kappa shape index (κ3) is 7.08. The van der Waals surface area contributed by atoms with E-state index in [0.29, 0.717) is 17.5 Å². The van der Waals surface area contributed by atoms with Gasteiger partial charge in [0.1, 0.15) is 0 Å². The SMILES string of the molecule is O=P(c1ccccc1)(c1ccccc1)c1cccc(-c2ccc(C3(c4ccc(-c5nc(-c6ccccc6)nc(-c6ccc7ccccc7c6)n5)cc4)CCCCC3)cc2)c1. The molecule has 0 spiro atoms. The number of aromatic nitrogens is 3. The van der Waals surface area contributed by atoms with Crippen LogP contribution in [-0.2, 0) is 9.98 Å². The van der Waals surface area contributed by atoms with Gasteiger partial charge in [0.15, 0.2) is 24.6 Å². The van der Waals surface area contributed by atoms with E-state index in [1.165, 1.54) is 35.8 Å². The van der Waals surface area contributed by atoms with Gasteiger partial charge in [-0.15, -0.1) is 0 Å². The molecule has 0 bridgehead atoms. The Labute approximate surface area is 352 Å². The molecule has 60 heavy (non-hydrogen) atoms. The summed E-state index contributed by atoms with van der Waals surface area (Å²) in [5.41, 5.74) is 7.60. The number of hydrogen-bond acceptors (Lipinski definition) is 4. The van der Waals surface area contributed by atoms with Crippen LogP contribution in [0.1, 0.15) is 43.2 Å². The van der Waals surface area contributed by atoms with Crippen LogP contribution >= 0.6 is 7.14 Å². The maximum atomic E-state index is 15.2. The van der Waals surface area contributed by atoms with Crippen molar-refractivity contribution in [3.05, 3.63) is 217 Å². The van der Waals surface area contributed by atoms with Crippen LogP contribution in [-0.4, -0.2) is 15.0 Å². The molecule has 0 aliphatic heterocycles. The summed E-state index contributed by atoms with van der Waals surface area (Å²) >= 11 is 0. The Hall–Kier alpha value is -6.74. The maximum Gasteiger partial charge on any atom is 0.171 e. The normalized spacial score (nSPS) is 13.9. The van der Waals surface area contributed by atoms with Gasteiger partial charge in [0, 0.05) is 38.0 Å². The monoisotopic (exact) mass is 793 g/mol. The van der Waals surface area contributed by atoms with Crippen LogP contribution in [0.5, 0.6) is 0 Å². The molecule has 0 atom stereocenters. The minimum absolute atomic E-state index is 0.0992. The lowest BCUT2D eigenvalue weighted by molar-refractivity contribution is 0.346. The Bertz CT molecular complexity index is 2920. The lowest BCUT2D eigenvalue weighted by Gasteiger charge is -2.39. The average Bonchev–Trinajstić information content (AvgIpc) is 3.34. The van der Waals surface area contributed by atoms with E-state index in [4.69, 9.17) is 15.0 Å². The van der Waals surface area contributed by atoms with Crippen LogP contribution in [0.3, 0.4) is 0 Å². The van der Waals surface area contributed by atoms with Crippen molar-refractivity contribution >= 4 is 33.8 Å². The molecule has 1 aromatic heterocycles. The molecule has 5 heteroatoms. The first kappa shape index (κ1) is 37.5. The molecule has 0 N–H and O–H groups in total. The number of hydrogen-bond donors (Lipinski definition) is 0. The summed E-state index contributed by atoms with van der Waals surface area (Å²) in [6.45, 7) is 0. The highest BCUT2D eigenvalue weighted by Gasteiger charge is 2.36. The van der Waals surface area contributed by atoms with Crippen molar-refractivity contribution in [3.8, 4) is 45.3 Å². The molecule has 1 heterocycles. The quantitative estimate of drug-likeness (QED) is 0.137. The molecular weight excluding hydrogens is 750 g/mol. The molecule has 0 saturated heterocycles. The molecule has 10 rings (SSSR count). The highest BCUT2D eigenvalue weighted by molar-refractivity contribution is 7.85. The lowest BCUT2D eigenvalue weighted by atomic mass is 9.65. The van der Waals surface area contributed by atoms with E-state index in [9.17, 15) is 0 Å². The van der Waals surface area contributed by atoms with Gasteiger partial charge in [-0.1, -0.05) is 213 Å². The van der Waals surface area contributed by atoms with Gasteiger partial charge in [0.2, 0.25) is 0 Å². The molecule has 0 amide bonds. The summed E-state index contributed by atoms with van der Waals surface area (Å²) in [6.07, 6.45) is 5.80. The average molecular weight is 794 g/mol. The van der Waals surface area contributed by atoms with Crippen LogP contribution in [0.2, 0.25) is 0 Å². The summed E-state index contributed by atoms with van der Waals surface area (Å²) in [5.74, 6) is 1.98. The summed E-state index contributed by atoms with van der Waals surface area (Å²) in [6, 6.07) is 71.2. The number of nitrogens with zero attached hydrogens (tertiary/aromatic N) is 3. The smallest absolute Gasteiger partial charge is 0.171 e. The van der Waals surface area contributed by atoms with Crippen LogP contribution in [0, 0.1) is 0 Å². The first-order valence-electron chi connectivity index (χ1n) is 20.9. The first-order chi connectivity index (χ1) is 29.6. The zero-order chi connectivity index (χ0) is 40.4. The predicted molar refractivity (Wildman–Crippen MR) is 249 cm³/mol. The molecule has 1 fully saturated rings. The highest BCUT2D eigenvalue weighted by atomic mass is 31.2. The predicted octanol–water partition coefficient (Wildman–Crippen LogP) is 12.6. The Morgan fingerprint density at radius 3 is 1.40 bits per heavy atom. The second kappa shape index (κ2) is 16.1. The molecular formula is C55H44N3OP. The van der Waals surface area contributed by atoms with Crippen LogP contribution < -0.4 is 15.9 Å². The fraction of sp³-hybridized carbons (Fsp3) is 0.109. The van der Waals surface area contributed by atoms with Gasteiger partial charge in [-0.25, -0.2) is 15.0 Å². The third-order valence-corrected chi connectivity index (χ3v) is 15.4. The van der Waals surface area contributed by atoms with Crippen molar-refractivity contribution < 1.29 is 4.57 Å². The second-order valence-corrected chi connectivity index (χ2v) is 18.6. The summed E-state index contributed by atoms with van der Waals surface area (Å²) < 4.78 is 15.2. The Balaban J connectivity index is 0.988.